The molecule has 1 aliphatic rings. The minimum atomic E-state index is 0.428. The number of anilines is 1. The van der Waals surface area contributed by atoms with Gasteiger partial charge in [0.15, 0.2) is 5.76 Å². The SMILES string of the molecule is ClC1=C(C=Nc2ccccc2)COC1=CNc1ccccc1. The second-order valence-corrected chi connectivity index (χ2v) is 5.12. The molecular formula is C18H15ClN2O. The fourth-order valence-corrected chi connectivity index (χ4v) is 2.20. The second-order valence-electron chi connectivity index (χ2n) is 4.74. The zero-order valence-corrected chi connectivity index (χ0v) is 12.6. The van der Waals surface area contributed by atoms with Gasteiger partial charge in [0, 0.05) is 23.7 Å². The minimum Gasteiger partial charge on any atom is -0.486 e. The van der Waals surface area contributed by atoms with Gasteiger partial charge >= 0.3 is 0 Å². The Bertz CT molecular complexity index is 721. The second kappa shape index (κ2) is 6.96. The van der Waals surface area contributed by atoms with Gasteiger partial charge in [-0.3, -0.25) is 4.99 Å². The molecule has 0 aromatic heterocycles. The molecule has 2 aromatic carbocycles. The molecule has 0 unspecified atom stereocenters. The van der Waals surface area contributed by atoms with Gasteiger partial charge in [0.2, 0.25) is 0 Å². The van der Waals surface area contributed by atoms with Gasteiger partial charge in [0.05, 0.1) is 10.7 Å². The minimum absolute atomic E-state index is 0.428. The maximum Gasteiger partial charge on any atom is 0.154 e. The first-order chi connectivity index (χ1) is 10.8. The average Bonchev–Trinajstić information content (AvgIpc) is 2.93. The highest BCUT2D eigenvalue weighted by molar-refractivity contribution is 6.33. The molecule has 0 bridgehead atoms. The predicted octanol–water partition coefficient (Wildman–Crippen LogP) is 4.87. The summed E-state index contributed by atoms with van der Waals surface area (Å²) < 4.78 is 5.59. The van der Waals surface area contributed by atoms with Crippen molar-refractivity contribution < 1.29 is 4.74 Å². The molecule has 0 fully saturated rings. The molecule has 4 heteroatoms. The summed E-state index contributed by atoms with van der Waals surface area (Å²) in [5.41, 5.74) is 2.74. The first-order valence-electron chi connectivity index (χ1n) is 6.95. The molecule has 1 heterocycles. The van der Waals surface area contributed by atoms with Crippen molar-refractivity contribution in [1.29, 1.82) is 0 Å². The number of para-hydroxylation sites is 2. The Morgan fingerprint density at radius 3 is 2.41 bits per heavy atom. The van der Waals surface area contributed by atoms with Gasteiger partial charge < -0.3 is 10.1 Å². The third-order valence-corrected chi connectivity index (χ3v) is 3.58. The number of nitrogens with one attached hydrogen (secondary N) is 1. The van der Waals surface area contributed by atoms with E-state index in [1.807, 2.05) is 60.7 Å². The summed E-state index contributed by atoms with van der Waals surface area (Å²) in [4.78, 5) is 4.40. The van der Waals surface area contributed by atoms with Crippen LogP contribution in [0, 0.1) is 0 Å². The van der Waals surface area contributed by atoms with E-state index in [1.165, 1.54) is 0 Å². The summed E-state index contributed by atoms with van der Waals surface area (Å²) >= 11 is 6.33. The van der Waals surface area contributed by atoms with Crippen LogP contribution in [0.2, 0.25) is 0 Å². The molecule has 0 amide bonds. The first kappa shape index (κ1) is 14.4. The number of halogens is 1. The molecule has 2 aromatic rings. The van der Waals surface area contributed by atoms with E-state index in [2.05, 4.69) is 10.3 Å². The summed E-state index contributed by atoms with van der Waals surface area (Å²) in [5.74, 6) is 0.625. The van der Waals surface area contributed by atoms with Crippen LogP contribution in [0.5, 0.6) is 0 Å². The molecule has 0 radical (unpaired) electrons. The number of aliphatic imine (C=N–C) groups is 1. The number of hydrogen-bond acceptors (Lipinski definition) is 3. The maximum absolute atomic E-state index is 6.33. The van der Waals surface area contributed by atoms with Crippen LogP contribution in [-0.2, 0) is 4.74 Å². The molecule has 1 aliphatic heterocycles. The lowest BCUT2D eigenvalue weighted by Crippen LogP contribution is -1.92. The summed E-state index contributed by atoms with van der Waals surface area (Å²) in [7, 11) is 0. The average molecular weight is 311 g/mol. The van der Waals surface area contributed by atoms with Crippen LogP contribution >= 0.6 is 11.6 Å². The number of ether oxygens (including phenoxy) is 1. The Hall–Kier alpha value is -2.52. The van der Waals surface area contributed by atoms with Crippen molar-refractivity contribution in [3.63, 3.8) is 0 Å². The summed E-state index contributed by atoms with van der Waals surface area (Å²) in [6.07, 6.45) is 3.52. The molecule has 0 saturated heterocycles. The highest BCUT2D eigenvalue weighted by atomic mass is 35.5. The van der Waals surface area contributed by atoms with E-state index < -0.39 is 0 Å². The third-order valence-electron chi connectivity index (χ3n) is 3.15. The van der Waals surface area contributed by atoms with Crippen LogP contribution in [0.4, 0.5) is 11.4 Å². The molecular weight excluding hydrogens is 296 g/mol. The summed E-state index contributed by atoms with van der Waals surface area (Å²) in [6.45, 7) is 0.428. The molecule has 1 N–H and O–H groups in total. The Morgan fingerprint density at radius 2 is 1.68 bits per heavy atom. The zero-order valence-electron chi connectivity index (χ0n) is 11.9. The van der Waals surface area contributed by atoms with Gasteiger partial charge in [-0.1, -0.05) is 48.0 Å². The number of allylic oxidation sites excluding steroid dienone is 1. The van der Waals surface area contributed by atoms with Crippen LogP contribution in [-0.4, -0.2) is 12.8 Å². The predicted molar refractivity (Wildman–Crippen MR) is 91.6 cm³/mol. The number of rotatable bonds is 4. The molecule has 110 valence electrons. The summed E-state index contributed by atoms with van der Waals surface area (Å²) in [6, 6.07) is 19.6. The van der Waals surface area contributed by atoms with Crippen LogP contribution in [0.3, 0.4) is 0 Å². The van der Waals surface area contributed by atoms with Crippen LogP contribution in [0.15, 0.2) is 88.2 Å². The van der Waals surface area contributed by atoms with Crippen LogP contribution in [0.25, 0.3) is 0 Å². The molecule has 3 rings (SSSR count). The fourth-order valence-electron chi connectivity index (χ4n) is 1.99. The number of benzene rings is 2. The Balaban J connectivity index is 1.71. The summed E-state index contributed by atoms with van der Waals surface area (Å²) in [5, 5.41) is 3.75. The topological polar surface area (TPSA) is 33.6 Å². The van der Waals surface area contributed by atoms with Gasteiger partial charge in [-0.25, -0.2) is 0 Å². The van der Waals surface area contributed by atoms with Crippen molar-refractivity contribution in [3.05, 3.63) is 83.2 Å². The quantitative estimate of drug-likeness (QED) is 0.818. The van der Waals surface area contributed by atoms with Crippen LogP contribution < -0.4 is 5.32 Å². The normalized spacial score (nSPS) is 16.3. The van der Waals surface area contributed by atoms with Gasteiger partial charge in [-0.05, 0) is 24.3 Å². The highest BCUT2D eigenvalue weighted by Gasteiger charge is 2.18. The van der Waals surface area contributed by atoms with Crippen molar-refractivity contribution >= 4 is 29.2 Å². The fraction of sp³-hybridized carbons (Fsp3) is 0.0556. The molecule has 0 saturated carbocycles. The van der Waals surface area contributed by atoms with Crippen LogP contribution in [0.1, 0.15) is 0 Å². The van der Waals surface area contributed by atoms with Crippen molar-refractivity contribution in [3.8, 4) is 0 Å². The maximum atomic E-state index is 6.33. The standard InChI is InChI=1S/C18H15ClN2O/c19-18-14(11-20-15-7-3-1-4-8-15)13-22-17(18)12-21-16-9-5-2-6-10-16/h1-12,21H,13H2. The molecule has 0 aliphatic carbocycles. The highest BCUT2D eigenvalue weighted by Crippen LogP contribution is 2.27. The third kappa shape index (κ3) is 3.57. The van der Waals surface area contributed by atoms with E-state index in [0.29, 0.717) is 17.4 Å². The van der Waals surface area contributed by atoms with Crippen molar-refractivity contribution in [2.24, 2.45) is 4.99 Å². The molecule has 0 atom stereocenters. The van der Waals surface area contributed by atoms with Gasteiger partial charge in [0.25, 0.3) is 0 Å². The Morgan fingerprint density at radius 1 is 1.00 bits per heavy atom. The lowest BCUT2D eigenvalue weighted by atomic mass is 10.3. The first-order valence-corrected chi connectivity index (χ1v) is 7.33. The molecule has 22 heavy (non-hydrogen) atoms. The van der Waals surface area contributed by atoms with E-state index in [1.54, 1.807) is 12.4 Å². The van der Waals surface area contributed by atoms with Crippen molar-refractivity contribution in [2.75, 3.05) is 11.9 Å². The Labute approximate surface area is 134 Å². The van der Waals surface area contributed by atoms with E-state index in [0.717, 1.165) is 16.9 Å². The smallest absolute Gasteiger partial charge is 0.154 e. The zero-order chi connectivity index (χ0) is 15.2. The molecule has 0 spiro atoms. The van der Waals surface area contributed by atoms with Gasteiger partial charge in [-0.2, -0.15) is 0 Å². The number of nitrogens with zero attached hydrogens (tertiary/aromatic N) is 1. The molecule has 3 nitrogen and oxygen atoms in total. The van der Waals surface area contributed by atoms with Crippen molar-refractivity contribution in [2.45, 2.75) is 0 Å². The number of hydrogen-bond donors (Lipinski definition) is 1. The van der Waals surface area contributed by atoms with Gasteiger partial charge in [-0.15, -0.1) is 0 Å². The van der Waals surface area contributed by atoms with Gasteiger partial charge in [0.1, 0.15) is 6.61 Å². The lowest BCUT2D eigenvalue weighted by molar-refractivity contribution is 0.275. The van der Waals surface area contributed by atoms with E-state index in [4.69, 9.17) is 16.3 Å². The Kier molecular flexibility index (Phi) is 4.56. The van der Waals surface area contributed by atoms with E-state index in [9.17, 15) is 0 Å². The lowest BCUT2D eigenvalue weighted by Gasteiger charge is -2.02. The van der Waals surface area contributed by atoms with Crippen molar-refractivity contribution in [1.82, 2.24) is 0 Å². The largest absolute Gasteiger partial charge is 0.486 e. The van der Waals surface area contributed by atoms with E-state index in [-0.39, 0.29) is 0 Å². The van der Waals surface area contributed by atoms with E-state index >= 15 is 0 Å². The monoisotopic (exact) mass is 310 g/mol.